The Morgan fingerprint density at radius 3 is 2.04 bits per heavy atom. The summed E-state index contributed by atoms with van der Waals surface area (Å²) in [7, 11) is 0. The second-order valence-electron chi connectivity index (χ2n) is 6.58. The van der Waals surface area contributed by atoms with Crippen LogP contribution in [0.4, 0.5) is 8.78 Å². The van der Waals surface area contributed by atoms with Crippen molar-refractivity contribution >= 4 is 11.0 Å². The summed E-state index contributed by atoms with van der Waals surface area (Å²) >= 11 is 0. The van der Waals surface area contributed by atoms with Gasteiger partial charge in [0.15, 0.2) is 11.6 Å². The molecule has 0 saturated carbocycles. The number of aryl methyl sites for hydroxylation is 3. The van der Waals surface area contributed by atoms with Crippen LogP contribution in [0.1, 0.15) is 51.2 Å². The number of halogens is 2. The minimum absolute atomic E-state index is 0.202. The highest BCUT2D eigenvalue weighted by molar-refractivity contribution is 5.81. The molecule has 1 aromatic heterocycles. The van der Waals surface area contributed by atoms with E-state index in [0.717, 1.165) is 25.9 Å². The Labute approximate surface area is 135 Å². The predicted molar refractivity (Wildman–Crippen MR) is 86.5 cm³/mol. The Hall–Kier alpha value is -1.56. The van der Waals surface area contributed by atoms with Gasteiger partial charge < -0.3 is 4.74 Å². The molecule has 4 nitrogen and oxygen atoms in total. The zero-order chi connectivity index (χ0) is 17.2. The normalized spacial score (nSPS) is 12.3. The van der Waals surface area contributed by atoms with Crippen LogP contribution in [0.15, 0.2) is 0 Å². The average molecular weight is 325 g/mol. The van der Waals surface area contributed by atoms with E-state index in [1.54, 1.807) is 0 Å². The van der Waals surface area contributed by atoms with Gasteiger partial charge >= 0.3 is 0 Å². The van der Waals surface area contributed by atoms with E-state index >= 15 is 0 Å². The summed E-state index contributed by atoms with van der Waals surface area (Å²) in [5.41, 5.74) is 0.966. The van der Waals surface area contributed by atoms with Crippen molar-refractivity contribution in [1.82, 2.24) is 15.0 Å². The van der Waals surface area contributed by atoms with Crippen LogP contribution in [0.2, 0.25) is 0 Å². The van der Waals surface area contributed by atoms with Crippen molar-refractivity contribution in [2.24, 2.45) is 0 Å². The summed E-state index contributed by atoms with van der Waals surface area (Å²) in [6.07, 6.45) is 2.85. The summed E-state index contributed by atoms with van der Waals surface area (Å²) in [5.74, 6) is -1.68. The SMILES string of the molecule is CCCCOC(C)(C)CCn1nc2c(C)c(F)c(F)c(C)c2n1. The molecule has 2 aromatic rings. The van der Waals surface area contributed by atoms with E-state index in [0.29, 0.717) is 17.6 Å². The lowest BCUT2D eigenvalue weighted by atomic mass is 10.1. The summed E-state index contributed by atoms with van der Waals surface area (Å²) in [6.45, 7) is 10.5. The van der Waals surface area contributed by atoms with Gasteiger partial charge in [-0.15, -0.1) is 0 Å². The van der Waals surface area contributed by atoms with Crippen LogP contribution < -0.4 is 0 Å². The van der Waals surface area contributed by atoms with Gasteiger partial charge in [-0.05, 0) is 40.5 Å². The van der Waals surface area contributed by atoms with Crippen molar-refractivity contribution in [3.8, 4) is 0 Å². The lowest BCUT2D eigenvalue weighted by Crippen LogP contribution is -2.27. The highest BCUT2D eigenvalue weighted by atomic mass is 19.2. The quantitative estimate of drug-likeness (QED) is 0.712. The number of ether oxygens (including phenoxy) is 1. The standard InChI is InChI=1S/C17H25F2N3O/c1-6-7-10-23-17(4,5)8-9-22-20-15-11(2)13(18)14(19)12(3)16(15)21-22/h6-10H2,1-5H3. The number of unbranched alkanes of at least 4 members (excludes halogenated alkanes) is 1. The zero-order valence-electron chi connectivity index (χ0n) is 14.5. The average Bonchev–Trinajstić information content (AvgIpc) is 2.94. The first kappa shape index (κ1) is 17.8. The van der Waals surface area contributed by atoms with Crippen LogP contribution in [-0.4, -0.2) is 27.2 Å². The number of benzene rings is 1. The number of nitrogens with zero attached hydrogens (tertiary/aromatic N) is 3. The molecular weight excluding hydrogens is 300 g/mol. The Bertz CT molecular complexity index is 650. The molecule has 0 spiro atoms. The second-order valence-corrected chi connectivity index (χ2v) is 6.58. The Balaban J connectivity index is 2.16. The van der Waals surface area contributed by atoms with Crippen LogP contribution in [0, 0.1) is 25.5 Å². The number of aromatic nitrogens is 3. The van der Waals surface area contributed by atoms with Gasteiger partial charge in [0.25, 0.3) is 0 Å². The van der Waals surface area contributed by atoms with E-state index in [1.807, 2.05) is 13.8 Å². The van der Waals surface area contributed by atoms with E-state index in [9.17, 15) is 8.78 Å². The largest absolute Gasteiger partial charge is 0.376 e. The highest BCUT2D eigenvalue weighted by Gasteiger charge is 2.21. The van der Waals surface area contributed by atoms with Crippen LogP contribution in [-0.2, 0) is 11.3 Å². The molecule has 0 atom stereocenters. The molecule has 0 fully saturated rings. The molecule has 0 aliphatic carbocycles. The Kier molecular flexibility index (Phi) is 5.34. The molecule has 1 aromatic carbocycles. The summed E-state index contributed by atoms with van der Waals surface area (Å²) in [5, 5.41) is 8.64. The van der Waals surface area contributed by atoms with E-state index in [-0.39, 0.29) is 16.7 Å². The van der Waals surface area contributed by atoms with E-state index in [4.69, 9.17) is 4.74 Å². The molecule has 0 saturated heterocycles. The fraction of sp³-hybridized carbons (Fsp3) is 0.647. The fourth-order valence-electron chi connectivity index (χ4n) is 2.42. The first-order valence-corrected chi connectivity index (χ1v) is 8.09. The molecule has 0 N–H and O–H groups in total. The molecule has 0 amide bonds. The first-order valence-electron chi connectivity index (χ1n) is 8.09. The van der Waals surface area contributed by atoms with Crippen molar-refractivity contribution in [3.63, 3.8) is 0 Å². The minimum Gasteiger partial charge on any atom is -0.376 e. The van der Waals surface area contributed by atoms with Gasteiger partial charge in [0.2, 0.25) is 0 Å². The van der Waals surface area contributed by atoms with E-state index in [2.05, 4.69) is 17.1 Å². The van der Waals surface area contributed by atoms with Gasteiger partial charge in [0.05, 0.1) is 12.1 Å². The molecule has 6 heteroatoms. The molecular formula is C17H25F2N3O. The van der Waals surface area contributed by atoms with Crippen LogP contribution in [0.25, 0.3) is 11.0 Å². The number of hydrogen-bond donors (Lipinski definition) is 0. The molecule has 1 heterocycles. The molecule has 0 unspecified atom stereocenters. The number of rotatable bonds is 7. The third-order valence-electron chi connectivity index (χ3n) is 4.12. The topological polar surface area (TPSA) is 39.9 Å². The molecule has 2 rings (SSSR count). The Morgan fingerprint density at radius 2 is 1.57 bits per heavy atom. The van der Waals surface area contributed by atoms with Crippen molar-refractivity contribution in [1.29, 1.82) is 0 Å². The van der Waals surface area contributed by atoms with Gasteiger partial charge in [-0.1, -0.05) is 13.3 Å². The van der Waals surface area contributed by atoms with Crippen molar-refractivity contribution in [2.45, 2.75) is 66.0 Å². The number of hydrogen-bond acceptors (Lipinski definition) is 3. The van der Waals surface area contributed by atoms with Crippen molar-refractivity contribution < 1.29 is 13.5 Å². The third kappa shape index (κ3) is 3.86. The summed E-state index contributed by atoms with van der Waals surface area (Å²) in [6, 6.07) is 0. The maximum Gasteiger partial charge on any atom is 0.164 e. The van der Waals surface area contributed by atoms with Gasteiger partial charge in [0.1, 0.15) is 11.0 Å². The van der Waals surface area contributed by atoms with Gasteiger partial charge in [-0.2, -0.15) is 15.0 Å². The lowest BCUT2D eigenvalue weighted by Gasteiger charge is -2.25. The first-order chi connectivity index (χ1) is 10.8. The molecule has 0 bridgehead atoms. The maximum absolute atomic E-state index is 13.8. The van der Waals surface area contributed by atoms with Gasteiger partial charge in [-0.25, -0.2) is 8.78 Å². The van der Waals surface area contributed by atoms with Gasteiger partial charge in [0, 0.05) is 17.7 Å². The predicted octanol–water partition coefficient (Wildman–Crippen LogP) is 4.31. The minimum atomic E-state index is -0.842. The van der Waals surface area contributed by atoms with Crippen LogP contribution in [0.3, 0.4) is 0 Å². The second kappa shape index (κ2) is 6.91. The van der Waals surface area contributed by atoms with Crippen LogP contribution in [0.5, 0.6) is 0 Å². The molecule has 23 heavy (non-hydrogen) atoms. The Morgan fingerprint density at radius 1 is 1.04 bits per heavy atom. The van der Waals surface area contributed by atoms with Crippen molar-refractivity contribution in [2.75, 3.05) is 6.61 Å². The lowest BCUT2D eigenvalue weighted by molar-refractivity contribution is -0.0284. The third-order valence-corrected chi connectivity index (χ3v) is 4.12. The number of fused-ring (bicyclic) bond motifs is 1. The smallest absolute Gasteiger partial charge is 0.164 e. The highest BCUT2D eigenvalue weighted by Crippen LogP contribution is 2.25. The summed E-state index contributed by atoms with van der Waals surface area (Å²) < 4.78 is 33.5. The molecule has 0 radical (unpaired) electrons. The van der Waals surface area contributed by atoms with Crippen LogP contribution >= 0.6 is 0 Å². The molecule has 128 valence electrons. The van der Waals surface area contributed by atoms with E-state index < -0.39 is 11.6 Å². The maximum atomic E-state index is 13.8. The fourth-order valence-corrected chi connectivity index (χ4v) is 2.42. The van der Waals surface area contributed by atoms with Crippen molar-refractivity contribution in [3.05, 3.63) is 22.8 Å². The van der Waals surface area contributed by atoms with Gasteiger partial charge in [-0.3, -0.25) is 0 Å². The summed E-state index contributed by atoms with van der Waals surface area (Å²) in [4.78, 5) is 1.51. The zero-order valence-corrected chi connectivity index (χ0v) is 14.5. The molecule has 0 aliphatic heterocycles. The molecule has 0 aliphatic rings. The van der Waals surface area contributed by atoms with E-state index in [1.165, 1.54) is 18.6 Å². The monoisotopic (exact) mass is 325 g/mol.